The fourth-order valence-electron chi connectivity index (χ4n) is 3.32. The predicted molar refractivity (Wildman–Crippen MR) is 68.5 cm³/mol. The first-order chi connectivity index (χ1) is 8.81. The molecule has 5 heteroatoms. The van der Waals surface area contributed by atoms with Crippen LogP contribution in [0.25, 0.3) is 0 Å². The van der Waals surface area contributed by atoms with Crippen LogP contribution in [0.2, 0.25) is 0 Å². The molecule has 1 saturated carbocycles. The average Bonchev–Trinajstić information content (AvgIpc) is 2.91. The lowest BCUT2D eigenvalue weighted by molar-refractivity contribution is 0.0126. The van der Waals surface area contributed by atoms with Gasteiger partial charge >= 0.3 is 6.09 Å². The van der Waals surface area contributed by atoms with Gasteiger partial charge in [-0.15, -0.1) is 0 Å². The molecule has 18 heavy (non-hydrogen) atoms. The Kier molecular flexibility index (Phi) is 3.70. The van der Waals surface area contributed by atoms with Crippen molar-refractivity contribution in [2.45, 2.75) is 37.8 Å². The van der Waals surface area contributed by atoms with E-state index < -0.39 is 0 Å². The highest BCUT2D eigenvalue weighted by molar-refractivity contribution is 5.67. The van der Waals surface area contributed by atoms with Gasteiger partial charge < -0.3 is 10.1 Å². The van der Waals surface area contributed by atoms with Crippen LogP contribution < -0.4 is 5.32 Å². The monoisotopic (exact) mass is 253 g/mol. The summed E-state index contributed by atoms with van der Waals surface area (Å²) in [6.07, 6.45) is 4.41. The Labute approximate surface area is 108 Å². The second-order valence-corrected chi connectivity index (χ2v) is 5.68. The van der Waals surface area contributed by atoms with Crippen molar-refractivity contribution in [3.63, 3.8) is 0 Å². The molecule has 3 aliphatic heterocycles. The molecule has 2 bridgehead atoms. The van der Waals surface area contributed by atoms with Crippen molar-refractivity contribution < 1.29 is 9.53 Å². The van der Waals surface area contributed by atoms with Crippen LogP contribution >= 0.6 is 0 Å². The number of hydrogen-bond acceptors (Lipinski definition) is 4. The Bertz CT molecular complexity index is 297. The quantitative estimate of drug-likeness (QED) is 0.802. The summed E-state index contributed by atoms with van der Waals surface area (Å²) in [5, 5.41) is 2.93. The molecule has 0 radical (unpaired) electrons. The fourth-order valence-corrected chi connectivity index (χ4v) is 3.32. The number of hydrogen-bond donors (Lipinski definition) is 1. The van der Waals surface area contributed by atoms with Crippen LogP contribution in [0.15, 0.2) is 0 Å². The lowest BCUT2D eigenvalue weighted by atomic mass is 10.1. The van der Waals surface area contributed by atoms with E-state index in [-0.39, 0.29) is 12.2 Å². The summed E-state index contributed by atoms with van der Waals surface area (Å²) < 4.78 is 5.40. The van der Waals surface area contributed by atoms with E-state index in [2.05, 4.69) is 15.1 Å². The van der Waals surface area contributed by atoms with Crippen molar-refractivity contribution in [2.75, 3.05) is 39.3 Å². The summed E-state index contributed by atoms with van der Waals surface area (Å²) in [4.78, 5) is 16.6. The molecule has 0 aromatic carbocycles. The zero-order valence-electron chi connectivity index (χ0n) is 10.9. The molecule has 1 unspecified atom stereocenters. The van der Waals surface area contributed by atoms with Gasteiger partial charge in [-0.2, -0.15) is 0 Å². The number of alkyl carbamates (subject to hydrolysis) is 1. The highest BCUT2D eigenvalue weighted by Gasteiger charge is 2.32. The van der Waals surface area contributed by atoms with Crippen molar-refractivity contribution in [1.29, 1.82) is 0 Å². The molecule has 1 atom stereocenters. The lowest BCUT2D eigenvalue weighted by Crippen LogP contribution is -2.63. The molecule has 0 aromatic heterocycles. The molecule has 1 amide bonds. The largest absolute Gasteiger partial charge is 0.446 e. The Morgan fingerprint density at radius 2 is 1.89 bits per heavy atom. The number of carbonyl (C=O) groups is 1. The van der Waals surface area contributed by atoms with E-state index in [1.165, 1.54) is 25.9 Å². The molecule has 3 heterocycles. The van der Waals surface area contributed by atoms with Gasteiger partial charge in [-0.1, -0.05) is 0 Å². The Balaban J connectivity index is 1.39. The van der Waals surface area contributed by atoms with Crippen LogP contribution in [-0.2, 0) is 4.74 Å². The summed E-state index contributed by atoms with van der Waals surface area (Å²) >= 11 is 0. The number of nitrogens with zero attached hydrogens (tertiary/aromatic N) is 2. The van der Waals surface area contributed by atoms with Crippen molar-refractivity contribution in [3.8, 4) is 0 Å². The smallest absolute Gasteiger partial charge is 0.407 e. The molecule has 3 saturated heterocycles. The lowest BCUT2D eigenvalue weighted by Gasteiger charge is -2.47. The van der Waals surface area contributed by atoms with Crippen LogP contribution in [-0.4, -0.2) is 67.3 Å². The first-order valence-electron chi connectivity index (χ1n) is 7.22. The molecule has 0 aromatic rings. The molecule has 4 rings (SSSR count). The standard InChI is InChI=1S/C13H23N3O2/c17-13(18-12-3-1-2-4-12)14-9-11-10-15-5-7-16(11)8-6-15/h11-12H,1-10H2,(H,14,17). The Hall–Kier alpha value is -0.810. The number of piperazine rings is 3. The van der Waals surface area contributed by atoms with Crippen molar-refractivity contribution >= 4 is 6.09 Å². The van der Waals surface area contributed by atoms with E-state index in [1.807, 2.05) is 0 Å². The summed E-state index contributed by atoms with van der Waals surface area (Å²) in [7, 11) is 0. The van der Waals surface area contributed by atoms with E-state index in [9.17, 15) is 4.79 Å². The minimum absolute atomic E-state index is 0.164. The van der Waals surface area contributed by atoms with Crippen molar-refractivity contribution in [2.24, 2.45) is 0 Å². The van der Waals surface area contributed by atoms with Gasteiger partial charge in [0.1, 0.15) is 6.10 Å². The summed E-state index contributed by atoms with van der Waals surface area (Å²) in [5.74, 6) is 0. The van der Waals surface area contributed by atoms with E-state index >= 15 is 0 Å². The second-order valence-electron chi connectivity index (χ2n) is 5.68. The van der Waals surface area contributed by atoms with Gasteiger partial charge in [-0.3, -0.25) is 9.80 Å². The molecule has 102 valence electrons. The first-order valence-corrected chi connectivity index (χ1v) is 7.22. The zero-order valence-corrected chi connectivity index (χ0v) is 10.9. The molecule has 4 aliphatic rings. The third kappa shape index (κ3) is 2.78. The number of rotatable bonds is 3. The third-order valence-corrected chi connectivity index (χ3v) is 4.45. The molecule has 5 nitrogen and oxygen atoms in total. The van der Waals surface area contributed by atoms with Crippen LogP contribution in [0.5, 0.6) is 0 Å². The zero-order chi connectivity index (χ0) is 12.4. The topological polar surface area (TPSA) is 44.8 Å². The normalized spacial score (nSPS) is 35.7. The minimum Gasteiger partial charge on any atom is -0.446 e. The SMILES string of the molecule is O=C(NCC1CN2CCN1CC2)OC1CCCC1. The van der Waals surface area contributed by atoms with Gasteiger partial charge in [-0.05, 0) is 25.7 Å². The van der Waals surface area contributed by atoms with Crippen LogP contribution in [0.3, 0.4) is 0 Å². The van der Waals surface area contributed by atoms with Crippen LogP contribution in [0.1, 0.15) is 25.7 Å². The van der Waals surface area contributed by atoms with E-state index in [4.69, 9.17) is 4.74 Å². The number of carbonyl (C=O) groups excluding carboxylic acids is 1. The first kappa shape index (κ1) is 12.2. The van der Waals surface area contributed by atoms with E-state index in [0.29, 0.717) is 6.04 Å². The van der Waals surface area contributed by atoms with Gasteiger partial charge in [0, 0.05) is 45.3 Å². The maximum atomic E-state index is 11.7. The average molecular weight is 253 g/mol. The van der Waals surface area contributed by atoms with Gasteiger partial charge in [0.2, 0.25) is 0 Å². The van der Waals surface area contributed by atoms with Gasteiger partial charge in [-0.25, -0.2) is 4.79 Å². The summed E-state index contributed by atoms with van der Waals surface area (Å²) in [6.45, 7) is 6.46. The fraction of sp³-hybridized carbons (Fsp3) is 0.923. The highest BCUT2D eigenvalue weighted by Crippen LogP contribution is 2.21. The van der Waals surface area contributed by atoms with Crippen LogP contribution in [0, 0.1) is 0 Å². The molecule has 0 spiro atoms. The predicted octanol–water partition coefficient (Wildman–Crippen LogP) is 0.655. The number of ether oxygens (including phenoxy) is 1. The van der Waals surface area contributed by atoms with Crippen LogP contribution in [0.4, 0.5) is 4.79 Å². The maximum Gasteiger partial charge on any atom is 0.407 e. The number of nitrogens with one attached hydrogen (secondary N) is 1. The number of amides is 1. The Morgan fingerprint density at radius 1 is 1.17 bits per heavy atom. The summed E-state index contributed by atoms with van der Waals surface area (Å²) in [6, 6.07) is 0.476. The maximum absolute atomic E-state index is 11.7. The molecule has 4 fully saturated rings. The van der Waals surface area contributed by atoms with Crippen molar-refractivity contribution in [3.05, 3.63) is 0 Å². The van der Waals surface area contributed by atoms with E-state index in [0.717, 1.165) is 39.0 Å². The van der Waals surface area contributed by atoms with Gasteiger partial charge in [0.15, 0.2) is 0 Å². The Morgan fingerprint density at radius 3 is 2.50 bits per heavy atom. The second kappa shape index (κ2) is 5.45. The summed E-state index contributed by atoms with van der Waals surface area (Å²) in [5.41, 5.74) is 0. The van der Waals surface area contributed by atoms with E-state index in [1.54, 1.807) is 0 Å². The molecular formula is C13H23N3O2. The third-order valence-electron chi connectivity index (χ3n) is 4.45. The molecule has 1 N–H and O–H groups in total. The molecular weight excluding hydrogens is 230 g/mol. The molecule has 1 aliphatic carbocycles. The highest BCUT2D eigenvalue weighted by atomic mass is 16.6. The van der Waals surface area contributed by atoms with Gasteiger partial charge in [0.05, 0.1) is 0 Å². The number of fused-ring (bicyclic) bond motifs is 3. The minimum atomic E-state index is -0.223. The van der Waals surface area contributed by atoms with Gasteiger partial charge in [0.25, 0.3) is 0 Å². The van der Waals surface area contributed by atoms with Crippen molar-refractivity contribution in [1.82, 2.24) is 15.1 Å².